The number of benzene rings is 1. The second-order valence-electron chi connectivity index (χ2n) is 6.75. The van der Waals surface area contributed by atoms with E-state index in [1.165, 1.54) is 0 Å². The normalized spacial score (nSPS) is 17.3. The Hall–Kier alpha value is -1.51. The molecule has 1 atom stereocenters. The molecule has 0 saturated carbocycles. The summed E-state index contributed by atoms with van der Waals surface area (Å²) < 4.78 is 10.8. The molecule has 0 aromatic heterocycles. The number of ether oxygens (including phenoxy) is 2. The van der Waals surface area contributed by atoms with Gasteiger partial charge in [0.05, 0.1) is 18.6 Å². The third-order valence-electron chi connectivity index (χ3n) is 4.30. The third kappa shape index (κ3) is 7.56. The molecule has 0 amide bonds. The van der Waals surface area contributed by atoms with Gasteiger partial charge in [-0.05, 0) is 51.3 Å². The van der Waals surface area contributed by atoms with Gasteiger partial charge < -0.3 is 19.7 Å². The van der Waals surface area contributed by atoms with Gasteiger partial charge >= 0.3 is 5.97 Å². The zero-order valence-electron chi connectivity index (χ0n) is 16.7. The molecule has 1 aromatic carbocycles. The highest BCUT2D eigenvalue weighted by Crippen LogP contribution is 2.18. The molecule has 0 radical (unpaired) electrons. The Kier molecular flexibility index (Phi) is 10.5. The molecule has 27 heavy (non-hydrogen) atoms. The largest absolute Gasteiger partial charge is 0.491 e. The van der Waals surface area contributed by atoms with Crippen molar-refractivity contribution >= 4 is 35.9 Å². The van der Waals surface area contributed by atoms with E-state index in [1.807, 2.05) is 32.9 Å². The molecule has 7 heteroatoms. The number of halogens is 1. The first-order chi connectivity index (χ1) is 12.5. The molecule has 2 rings (SSSR count). The van der Waals surface area contributed by atoms with Crippen molar-refractivity contribution in [3.05, 3.63) is 29.8 Å². The van der Waals surface area contributed by atoms with E-state index in [1.54, 1.807) is 7.05 Å². The summed E-state index contributed by atoms with van der Waals surface area (Å²) in [5, 5.41) is 3.39. The van der Waals surface area contributed by atoms with E-state index >= 15 is 0 Å². The summed E-state index contributed by atoms with van der Waals surface area (Å²) in [5.41, 5.74) is 1.15. The summed E-state index contributed by atoms with van der Waals surface area (Å²) in [7, 11) is 1.77. The maximum Gasteiger partial charge on any atom is 0.310 e. The van der Waals surface area contributed by atoms with Gasteiger partial charge in [0.15, 0.2) is 5.96 Å². The van der Waals surface area contributed by atoms with E-state index in [2.05, 4.69) is 27.3 Å². The van der Waals surface area contributed by atoms with Crippen molar-refractivity contribution in [1.29, 1.82) is 0 Å². The van der Waals surface area contributed by atoms with Gasteiger partial charge in [-0.2, -0.15) is 0 Å². The molecule has 0 spiro atoms. The second-order valence-corrected chi connectivity index (χ2v) is 6.75. The summed E-state index contributed by atoms with van der Waals surface area (Å²) in [6.07, 6.45) is 2.01. The number of hydrogen-bond acceptors (Lipinski definition) is 4. The van der Waals surface area contributed by atoms with E-state index in [0.29, 0.717) is 19.7 Å². The predicted octanol–water partition coefficient (Wildman–Crippen LogP) is 3.44. The summed E-state index contributed by atoms with van der Waals surface area (Å²) in [6, 6.07) is 8.07. The van der Waals surface area contributed by atoms with Gasteiger partial charge in [-0.15, -0.1) is 24.0 Å². The number of esters is 1. The number of hydrogen-bond donors (Lipinski definition) is 1. The molecule has 1 unspecified atom stereocenters. The number of aliphatic imine (C=N–C) groups is 1. The maximum absolute atomic E-state index is 12.0. The molecule has 1 aromatic rings. The molecular weight excluding hydrogens is 457 g/mol. The van der Waals surface area contributed by atoms with Crippen LogP contribution in [0.4, 0.5) is 0 Å². The Balaban J connectivity index is 0.00000364. The number of carbonyl (C=O) groups excluding carboxylic acids is 1. The first kappa shape index (κ1) is 23.5. The van der Waals surface area contributed by atoms with E-state index < -0.39 is 0 Å². The van der Waals surface area contributed by atoms with Crippen LogP contribution in [0.2, 0.25) is 0 Å². The molecule has 1 aliphatic heterocycles. The maximum atomic E-state index is 12.0. The average molecular weight is 489 g/mol. The Morgan fingerprint density at radius 3 is 2.63 bits per heavy atom. The summed E-state index contributed by atoms with van der Waals surface area (Å²) in [6.45, 7) is 8.53. The van der Waals surface area contributed by atoms with Crippen molar-refractivity contribution in [2.45, 2.75) is 46.3 Å². The van der Waals surface area contributed by atoms with E-state index in [9.17, 15) is 4.79 Å². The van der Waals surface area contributed by atoms with Crippen molar-refractivity contribution in [3.8, 4) is 5.75 Å². The van der Waals surface area contributed by atoms with Crippen molar-refractivity contribution < 1.29 is 14.3 Å². The highest BCUT2D eigenvalue weighted by atomic mass is 127. The topological polar surface area (TPSA) is 63.2 Å². The van der Waals surface area contributed by atoms with Crippen LogP contribution in [0.15, 0.2) is 29.3 Å². The van der Waals surface area contributed by atoms with Crippen molar-refractivity contribution in [1.82, 2.24) is 10.2 Å². The van der Waals surface area contributed by atoms with Crippen LogP contribution in [-0.4, -0.2) is 49.7 Å². The number of likely N-dealkylation sites (tertiary alicyclic amines) is 1. The van der Waals surface area contributed by atoms with Crippen LogP contribution in [0.3, 0.4) is 0 Å². The van der Waals surface area contributed by atoms with Crippen LogP contribution in [-0.2, 0) is 16.1 Å². The first-order valence-corrected chi connectivity index (χ1v) is 9.41. The molecule has 1 N–H and O–H groups in total. The number of guanidine groups is 1. The fraction of sp³-hybridized carbons (Fsp3) is 0.600. The minimum absolute atomic E-state index is 0. The lowest BCUT2D eigenvalue weighted by Gasteiger charge is -2.34. The molecule has 152 valence electrons. The van der Waals surface area contributed by atoms with Gasteiger partial charge in [0.2, 0.25) is 0 Å². The minimum Gasteiger partial charge on any atom is -0.491 e. The van der Waals surface area contributed by atoms with Gasteiger partial charge in [-0.3, -0.25) is 9.79 Å². The zero-order chi connectivity index (χ0) is 18.9. The molecule has 6 nitrogen and oxygen atoms in total. The fourth-order valence-electron chi connectivity index (χ4n) is 3.09. The molecular formula is C20H32IN3O3. The van der Waals surface area contributed by atoms with Crippen LogP contribution < -0.4 is 10.1 Å². The molecule has 1 heterocycles. The highest BCUT2D eigenvalue weighted by Gasteiger charge is 2.28. The summed E-state index contributed by atoms with van der Waals surface area (Å²) >= 11 is 0. The van der Waals surface area contributed by atoms with Gasteiger partial charge in [-0.1, -0.05) is 12.1 Å². The number of rotatable bonds is 6. The van der Waals surface area contributed by atoms with Crippen molar-refractivity contribution in [3.63, 3.8) is 0 Å². The smallest absolute Gasteiger partial charge is 0.310 e. The Morgan fingerprint density at radius 2 is 2.04 bits per heavy atom. The third-order valence-corrected chi connectivity index (χ3v) is 4.30. The van der Waals surface area contributed by atoms with Gasteiger partial charge in [-0.25, -0.2) is 0 Å². The monoisotopic (exact) mass is 489 g/mol. The van der Waals surface area contributed by atoms with Gasteiger partial charge in [0, 0.05) is 26.7 Å². The molecule has 0 aliphatic carbocycles. The standard InChI is InChI=1S/C20H31N3O3.HI/c1-5-25-19(24)17-7-6-12-23(14-17)20(21-4)22-13-16-8-10-18(11-9-16)26-15(2)3;/h8-11,15,17H,5-7,12-14H2,1-4H3,(H,21,22);1H. The van der Waals surface area contributed by atoms with Crippen LogP contribution >= 0.6 is 24.0 Å². The number of nitrogens with one attached hydrogen (secondary N) is 1. The summed E-state index contributed by atoms with van der Waals surface area (Å²) in [4.78, 5) is 18.5. The van der Waals surface area contributed by atoms with Gasteiger partial charge in [0.25, 0.3) is 0 Å². The predicted molar refractivity (Wildman–Crippen MR) is 119 cm³/mol. The Bertz CT molecular complexity index is 605. The number of nitrogens with zero attached hydrogens (tertiary/aromatic N) is 2. The molecule has 1 fully saturated rings. The van der Waals surface area contributed by atoms with Crippen LogP contribution in [0, 0.1) is 5.92 Å². The minimum atomic E-state index is -0.103. The van der Waals surface area contributed by atoms with Gasteiger partial charge in [0.1, 0.15) is 5.75 Å². The van der Waals surface area contributed by atoms with Crippen LogP contribution in [0.5, 0.6) is 5.75 Å². The lowest BCUT2D eigenvalue weighted by Crippen LogP contribution is -2.48. The lowest BCUT2D eigenvalue weighted by molar-refractivity contribution is -0.149. The molecule has 1 saturated heterocycles. The second kappa shape index (κ2) is 12.0. The quantitative estimate of drug-likeness (QED) is 0.287. The highest BCUT2D eigenvalue weighted by molar-refractivity contribution is 14.0. The van der Waals surface area contributed by atoms with E-state index in [0.717, 1.165) is 36.7 Å². The van der Waals surface area contributed by atoms with Crippen LogP contribution in [0.25, 0.3) is 0 Å². The Labute approximate surface area is 179 Å². The SMILES string of the molecule is CCOC(=O)C1CCCN(C(=NC)NCc2ccc(OC(C)C)cc2)C1.I. The van der Waals surface area contributed by atoms with E-state index in [4.69, 9.17) is 9.47 Å². The Morgan fingerprint density at radius 1 is 1.33 bits per heavy atom. The number of piperidine rings is 1. The summed E-state index contributed by atoms with van der Waals surface area (Å²) in [5.74, 6) is 1.52. The van der Waals surface area contributed by atoms with Crippen molar-refractivity contribution in [2.24, 2.45) is 10.9 Å². The zero-order valence-corrected chi connectivity index (χ0v) is 19.1. The average Bonchev–Trinajstić information content (AvgIpc) is 2.63. The van der Waals surface area contributed by atoms with Crippen molar-refractivity contribution in [2.75, 3.05) is 26.7 Å². The first-order valence-electron chi connectivity index (χ1n) is 9.41. The molecule has 1 aliphatic rings. The van der Waals surface area contributed by atoms with Crippen LogP contribution in [0.1, 0.15) is 39.2 Å². The molecule has 0 bridgehead atoms. The number of carbonyl (C=O) groups is 1. The van der Waals surface area contributed by atoms with E-state index in [-0.39, 0.29) is 42.0 Å². The fourth-order valence-corrected chi connectivity index (χ4v) is 3.09. The lowest BCUT2D eigenvalue weighted by atomic mass is 9.98.